The molecule has 1 saturated carbocycles. The lowest BCUT2D eigenvalue weighted by Crippen LogP contribution is -2.38. The summed E-state index contributed by atoms with van der Waals surface area (Å²) in [6, 6.07) is 2.32. The highest BCUT2D eigenvalue weighted by Crippen LogP contribution is 2.22. The van der Waals surface area contributed by atoms with Crippen molar-refractivity contribution in [3.63, 3.8) is 0 Å². The molecular weight excluding hydrogens is 288 g/mol. The lowest BCUT2D eigenvalue weighted by molar-refractivity contribution is 0.0691. The monoisotopic (exact) mass is 316 g/mol. The Bertz CT molecular complexity index is 546. The predicted octanol–water partition coefficient (Wildman–Crippen LogP) is 3.40. The largest absolute Gasteiger partial charge is 0.367 e. The molecule has 1 aliphatic carbocycles. The summed E-state index contributed by atoms with van der Waals surface area (Å²) >= 11 is 0. The number of amides is 1. The topological polar surface area (TPSA) is 58.1 Å². The van der Waals surface area contributed by atoms with Crippen LogP contribution in [0.4, 0.5) is 5.82 Å². The van der Waals surface area contributed by atoms with E-state index in [1.54, 1.807) is 0 Å². The molecule has 126 valence electrons. The van der Waals surface area contributed by atoms with Crippen LogP contribution in [0.25, 0.3) is 0 Å². The maximum Gasteiger partial charge on any atom is 0.272 e. The first-order valence-corrected chi connectivity index (χ1v) is 9.03. The molecule has 0 aromatic carbocycles. The van der Waals surface area contributed by atoms with Crippen molar-refractivity contribution >= 4 is 11.7 Å². The molecule has 2 aliphatic rings. The summed E-state index contributed by atoms with van der Waals surface area (Å²) in [5.74, 6) is 2.24. The quantitative estimate of drug-likeness (QED) is 0.928. The van der Waals surface area contributed by atoms with Gasteiger partial charge in [0.2, 0.25) is 0 Å². The average molecular weight is 316 g/mol. The van der Waals surface area contributed by atoms with E-state index in [4.69, 9.17) is 0 Å². The SMILES string of the molecule is Cc1nc(NC2CCCCC2)cc(C(=O)N2CCC(C)CC2)n1. The second-order valence-corrected chi connectivity index (χ2v) is 7.14. The number of carbonyl (C=O) groups is 1. The maximum atomic E-state index is 12.7. The van der Waals surface area contributed by atoms with Gasteiger partial charge < -0.3 is 10.2 Å². The minimum absolute atomic E-state index is 0.0501. The lowest BCUT2D eigenvalue weighted by atomic mass is 9.95. The Kier molecular flexibility index (Phi) is 5.13. The molecule has 2 fully saturated rings. The summed E-state index contributed by atoms with van der Waals surface area (Å²) in [5.41, 5.74) is 0.533. The van der Waals surface area contributed by atoms with E-state index in [1.807, 2.05) is 17.9 Å². The predicted molar refractivity (Wildman–Crippen MR) is 91.6 cm³/mol. The smallest absolute Gasteiger partial charge is 0.272 e. The van der Waals surface area contributed by atoms with Gasteiger partial charge in [-0.3, -0.25) is 4.79 Å². The van der Waals surface area contributed by atoms with Crippen molar-refractivity contribution in [3.05, 3.63) is 17.6 Å². The van der Waals surface area contributed by atoms with E-state index in [0.717, 1.165) is 37.7 Å². The second-order valence-electron chi connectivity index (χ2n) is 7.14. The fraction of sp³-hybridized carbons (Fsp3) is 0.722. The summed E-state index contributed by atoms with van der Waals surface area (Å²) in [6.45, 7) is 5.80. The van der Waals surface area contributed by atoms with Crippen molar-refractivity contribution in [3.8, 4) is 0 Å². The molecule has 0 spiro atoms. The molecule has 1 N–H and O–H groups in total. The van der Waals surface area contributed by atoms with Crippen LogP contribution in [0.5, 0.6) is 0 Å². The van der Waals surface area contributed by atoms with E-state index in [-0.39, 0.29) is 5.91 Å². The summed E-state index contributed by atoms with van der Waals surface area (Å²) in [7, 11) is 0. The van der Waals surface area contributed by atoms with Gasteiger partial charge in [0.15, 0.2) is 0 Å². The van der Waals surface area contributed by atoms with E-state index in [1.165, 1.54) is 32.1 Å². The Morgan fingerprint density at radius 1 is 1.13 bits per heavy atom. The van der Waals surface area contributed by atoms with Crippen LogP contribution < -0.4 is 5.32 Å². The van der Waals surface area contributed by atoms with Crippen LogP contribution in [0.15, 0.2) is 6.07 Å². The first kappa shape index (κ1) is 16.2. The number of nitrogens with zero attached hydrogens (tertiary/aromatic N) is 3. The minimum Gasteiger partial charge on any atom is -0.367 e. The number of piperidine rings is 1. The molecule has 1 saturated heterocycles. The highest BCUT2D eigenvalue weighted by atomic mass is 16.2. The van der Waals surface area contributed by atoms with Crippen LogP contribution in [-0.2, 0) is 0 Å². The van der Waals surface area contributed by atoms with Crippen LogP contribution >= 0.6 is 0 Å². The van der Waals surface area contributed by atoms with Gasteiger partial charge in [0.1, 0.15) is 17.3 Å². The molecule has 1 amide bonds. The van der Waals surface area contributed by atoms with E-state index in [9.17, 15) is 4.79 Å². The van der Waals surface area contributed by atoms with Crippen LogP contribution in [0.2, 0.25) is 0 Å². The number of aryl methyl sites for hydroxylation is 1. The van der Waals surface area contributed by atoms with E-state index < -0.39 is 0 Å². The van der Waals surface area contributed by atoms with Gasteiger partial charge in [-0.15, -0.1) is 0 Å². The highest BCUT2D eigenvalue weighted by molar-refractivity contribution is 5.93. The Labute approximate surface area is 138 Å². The third-order valence-corrected chi connectivity index (χ3v) is 5.09. The third kappa shape index (κ3) is 4.21. The molecule has 1 aliphatic heterocycles. The zero-order valence-electron chi connectivity index (χ0n) is 14.3. The van der Waals surface area contributed by atoms with Crippen LogP contribution in [0.1, 0.15) is 68.2 Å². The normalized spacial score (nSPS) is 20.5. The molecule has 2 heterocycles. The van der Waals surface area contributed by atoms with Gasteiger partial charge in [-0.05, 0) is 38.5 Å². The second kappa shape index (κ2) is 7.28. The van der Waals surface area contributed by atoms with Gasteiger partial charge in [0.05, 0.1) is 0 Å². The zero-order valence-corrected chi connectivity index (χ0v) is 14.3. The molecule has 1 aromatic heterocycles. The number of hydrogen-bond acceptors (Lipinski definition) is 4. The van der Waals surface area contributed by atoms with Crippen molar-refractivity contribution in [2.75, 3.05) is 18.4 Å². The van der Waals surface area contributed by atoms with E-state index in [2.05, 4.69) is 22.2 Å². The number of hydrogen-bond donors (Lipinski definition) is 1. The van der Waals surface area contributed by atoms with Gasteiger partial charge in [-0.2, -0.15) is 0 Å². The molecule has 0 bridgehead atoms. The molecule has 0 unspecified atom stereocenters. The lowest BCUT2D eigenvalue weighted by Gasteiger charge is -2.30. The number of rotatable bonds is 3. The molecule has 5 nitrogen and oxygen atoms in total. The Morgan fingerprint density at radius 3 is 2.52 bits per heavy atom. The molecule has 3 rings (SSSR count). The first-order chi connectivity index (χ1) is 11.1. The minimum atomic E-state index is 0.0501. The Morgan fingerprint density at radius 2 is 1.83 bits per heavy atom. The van der Waals surface area contributed by atoms with Crippen LogP contribution in [0.3, 0.4) is 0 Å². The van der Waals surface area contributed by atoms with Gasteiger partial charge in [0.25, 0.3) is 5.91 Å². The fourth-order valence-electron chi connectivity index (χ4n) is 3.58. The number of likely N-dealkylation sites (tertiary alicyclic amines) is 1. The van der Waals surface area contributed by atoms with Crippen molar-refractivity contribution in [2.45, 2.75) is 64.8 Å². The van der Waals surface area contributed by atoms with Gasteiger partial charge >= 0.3 is 0 Å². The molecule has 23 heavy (non-hydrogen) atoms. The van der Waals surface area contributed by atoms with E-state index >= 15 is 0 Å². The van der Waals surface area contributed by atoms with Crippen molar-refractivity contribution in [1.82, 2.24) is 14.9 Å². The molecule has 0 atom stereocenters. The average Bonchev–Trinajstić information content (AvgIpc) is 2.55. The van der Waals surface area contributed by atoms with Gasteiger partial charge in [-0.25, -0.2) is 9.97 Å². The third-order valence-electron chi connectivity index (χ3n) is 5.09. The summed E-state index contributed by atoms with van der Waals surface area (Å²) in [4.78, 5) is 23.5. The summed E-state index contributed by atoms with van der Waals surface area (Å²) in [5, 5.41) is 3.51. The van der Waals surface area contributed by atoms with E-state index in [0.29, 0.717) is 17.6 Å². The Balaban J connectivity index is 1.70. The van der Waals surface area contributed by atoms with Gasteiger partial charge in [-0.1, -0.05) is 26.2 Å². The molecular formula is C18H28N4O. The fourth-order valence-corrected chi connectivity index (χ4v) is 3.58. The molecule has 1 aromatic rings. The number of nitrogens with one attached hydrogen (secondary N) is 1. The van der Waals surface area contributed by atoms with Crippen molar-refractivity contribution in [1.29, 1.82) is 0 Å². The van der Waals surface area contributed by atoms with Gasteiger partial charge in [0, 0.05) is 25.2 Å². The van der Waals surface area contributed by atoms with Crippen LogP contribution in [0, 0.1) is 12.8 Å². The molecule has 0 radical (unpaired) electrons. The maximum absolute atomic E-state index is 12.7. The number of anilines is 1. The van der Waals surface area contributed by atoms with Crippen molar-refractivity contribution in [2.24, 2.45) is 5.92 Å². The number of aromatic nitrogens is 2. The Hall–Kier alpha value is -1.65. The zero-order chi connectivity index (χ0) is 16.2. The summed E-state index contributed by atoms with van der Waals surface area (Å²) in [6.07, 6.45) is 8.44. The summed E-state index contributed by atoms with van der Waals surface area (Å²) < 4.78 is 0. The molecule has 5 heteroatoms. The highest BCUT2D eigenvalue weighted by Gasteiger charge is 2.23. The van der Waals surface area contributed by atoms with Crippen LogP contribution in [-0.4, -0.2) is 39.9 Å². The number of carbonyl (C=O) groups excluding carboxylic acids is 1. The van der Waals surface area contributed by atoms with Crippen molar-refractivity contribution < 1.29 is 4.79 Å². The first-order valence-electron chi connectivity index (χ1n) is 9.03. The standard InChI is InChI=1S/C18H28N4O/c1-13-8-10-22(11-9-13)18(23)16-12-17(20-14(2)19-16)21-15-6-4-3-5-7-15/h12-13,15H,3-11H2,1-2H3,(H,19,20,21).